The second kappa shape index (κ2) is 4.62. The molecule has 0 saturated carbocycles. The summed E-state index contributed by atoms with van der Waals surface area (Å²) in [5.74, 6) is 0.694. The van der Waals surface area contributed by atoms with Crippen molar-refractivity contribution in [3.63, 3.8) is 0 Å². The predicted octanol–water partition coefficient (Wildman–Crippen LogP) is 2.51. The Kier molecular flexibility index (Phi) is 3.48. The molecule has 0 aliphatic rings. The van der Waals surface area contributed by atoms with Gasteiger partial charge in [0.05, 0.1) is 12.0 Å². The van der Waals surface area contributed by atoms with Gasteiger partial charge in [-0.3, -0.25) is 10.1 Å². The standard InChI is InChI=1S/C9H8ClNO3/c1-14-8-4-2-7(3-5-8)6-9(10)11(12)13/h2-6H,1H3/b9-6-. The molecule has 0 unspecified atom stereocenters. The van der Waals surface area contributed by atoms with E-state index in [4.69, 9.17) is 16.3 Å². The van der Waals surface area contributed by atoms with Crippen LogP contribution in [0.5, 0.6) is 5.75 Å². The summed E-state index contributed by atoms with van der Waals surface area (Å²) in [4.78, 5) is 9.56. The van der Waals surface area contributed by atoms with Gasteiger partial charge in [0.25, 0.3) is 0 Å². The summed E-state index contributed by atoms with van der Waals surface area (Å²) in [5.41, 5.74) is 0.660. The van der Waals surface area contributed by atoms with Crippen LogP contribution in [-0.2, 0) is 0 Å². The zero-order valence-corrected chi connectivity index (χ0v) is 8.19. The number of rotatable bonds is 3. The molecule has 0 aliphatic heterocycles. The molecule has 1 aromatic carbocycles. The molecular formula is C9H8ClNO3. The number of methoxy groups -OCH3 is 1. The van der Waals surface area contributed by atoms with Crippen molar-refractivity contribution in [3.05, 3.63) is 45.1 Å². The number of nitro groups is 1. The third kappa shape index (κ3) is 2.74. The van der Waals surface area contributed by atoms with Crippen molar-refractivity contribution in [2.45, 2.75) is 0 Å². The molecule has 4 nitrogen and oxygen atoms in total. The summed E-state index contributed by atoms with van der Waals surface area (Å²) in [6.45, 7) is 0. The molecule has 0 heterocycles. The number of hydrogen-bond acceptors (Lipinski definition) is 3. The minimum absolute atomic E-state index is 0.407. The van der Waals surface area contributed by atoms with Crippen molar-refractivity contribution < 1.29 is 9.66 Å². The molecule has 1 rings (SSSR count). The fraction of sp³-hybridized carbons (Fsp3) is 0.111. The van der Waals surface area contributed by atoms with Crippen LogP contribution < -0.4 is 4.74 Å². The van der Waals surface area contributed by atoms with E-state index in [-0.39, 0.29) is 0 Å². The molecule has 5 heteroatoms. The SMILES string of the molecule is COc1ccc(/C=C(/Cl)[N+](=O)[O-])cc1. The van der Waals surface area contributed by atoms with Gasteiger partial charge in [0.15, 0.2) is 0 Å². The maximum Gasteiger partial charge on any atom is 0.337 e. The summed E-state index contributed by atoms with van der Waals surface area (Å²) >= 11 is 5.35. The molecule has 0 spiro atoms. The molecule has 0 bridgehead atoms. The topological polar surface area (TPSA) is 52.4 Å². The molecule has 0 aromatic heterocycles. The molecule has 1 aromatic rings. The lowest BCUT2D eigenvalue weighted by molar-refractivity contribution is -0.410. The first-order valence-corrected chi connectivity index (χ1v) is 4.17. The monoisotopic (exact) mass is 213 g/mol. The lowest BCUT2D eigenvalue weighted by atomic mass is 10.2. The number of hydrogen-bond donors (Lipinski definition) is 0. The van der Waals surface area contributed by atoms with Crippen LogP contribution in [0.15, 0.2) is 29.4 Å². The zero-order chi connectivity index (χ0) is 10.6. The zero-order valence-electron chi connectivity index (χ0n) is 7.44. The van der Waals surface area contributed by atoms with Gasteiger partial charge < -0.3 is 4.74 Å². The lowest BCUT2D eigenvalue weighted by Gasteiger charge is -1.98. The Labute approximate surface area is 85.9 Å². The molecule has 0 amide bonds. The first kappa shape index (κ1) is 10.5. The normalized spacial score (nSPS) is 11.1. The van der Waals surface area contributed by atoms with Crippen molar-refractivity contribution in [2.24, 2.45) is 0 Å². The molecule has 14 heavy (non-hydrogen) atoms. The summed E-state index contributed by atoms with van der Waals surface area (Å²) in [6.07, 6.45) is 1.28. The van der Waals surface area contributed by atoms with Crippen LogP contribution in [0.1, 0.15) is 5.56 Å². The third-order valence-electron chi connectivity index (χ3n) is 1.58. The van der Waals surface area contributed by atoms with Crippen molar-refractivity contribution in [1.82, 2.24) is 0 Å². The van der Waals surface area contributed by atoms with Gasteiger partial charge in [0.2, 0.25) is 0 Å². The number of nitrogens with zero attached hydrogens (tertiary/aromatic N) is 1. The average Bonchev–Trinajstić information content (AvgIpc) is 2.19. The lowest BCUT2D eigenvalue weighted by Crippen LogP contribution is -1.90. The van der Waals surface area contributed by atoms with Crippen molar-refractivity contribution in [2.75, 3.05) is 7.11 Å². The van der Waals surface area contributed by atoms with E-state index < -0.39 is 10.1 Å². The van der Waals surface area contributed by atoms with E-state index in [1.54, 1.807) is 31.4 Å². The van der Waals surface area contributed by atoms with Gasteiger partial charge in [-0.25, -0.2) is 0 Å². The summed E-state index contributed by atoms with van der Waals surface area (Å²) in [6, 6.07) is 6.78. The Morgan fingerprint density at radius 1 is 1.50 bits per heavy atom. The molecular weight excluding hydrogens is 206 g/mol. The van der Waals surface area contributed by atoms with E-state index in [1.807, 2.05) is 0 Å². The number of ether oxygens (including phenoxy) is 1. The van der Waals surface area contributed by atoms with Crippen molar-refractivity contribution in [1.29, 1.82) is 0 Å². The van der Waals surface area contributed by atoms with E-state index in [1.165, 1.54) is 6.08 Å². The second-order valence-electron chi connectivity index (χ2n) is 2.50. The Balaban J connectivity index is 2.88. The quantitative estimate of drug-likeness (QED) is 0.440. The van der Waals surface area contributed by atoms with Crippen LogP contribution in [0, 0.1) is 10.1 Å². The van der Waals surface area contributed by atoms with Crippen molar-refractivity contribution in [3.8, 4) is 5.75 Å². The molecule has 0 saturated heterocycles. The Morgan fingerprint density at radius 2 is 2.07 bits per heavy atom. The highest BCUT2D eigenvalue weighted by Crippen LogP contribution is 2.15. The first-order chi connectivity index (χ1) is 6.63. The van der Waals surface area contributed by atoms with Crippen LogP contribution in [0.4, 0.5) is 0 Å². The summed E-state index contributed by atoms with van der Waals surface area (Å²) < 4.78 is 4.93. The number of halogens is 1. The Morgan fingerprint density at radius 3 is 2.50 bits per heavy atom. The van der Waals surface area contributed by atoms with Gasteiger partial charge in [-0.1, -0.05) is 12.1 Å². The fourth-order valence-corrected chi connectivity index (χ4v) is 1.02. The first-order valence-electron chi connectivity index (χ1n) is 3.79. The smallest absolute Gasteiger partial charge is 0.337 e. The van der Waals surface area contributed by atoms with E-state index in [9.17, 15) is 10.1 Å². The minimum Gasteiger partial charge on any atom is -0.497 e. The highest BCUT2D eigenvalue weighted by atomic mass is 35.5. The maximum absolute atomic E-state index is 10.2. The van der Waals surface area contributed by atoms with Gasteiger partial charge >= 0.3 is 5.16 Å². The van der Waals surface area contributed by atoms with E-state index in [0.717, 1.165) is 0 Å². The molecule has 0 radical (unpaired) electrons. The highest BCUT2D eigenvalue weighted by molar-refractivity contribution is 6.29. The Bertz CT molecular complexity index is 359. The van der Waals surface area contributed by atoms with Crippen LogP contribution in [0.2, 0.25) is 0 Å². The van der Waals surface area contributed by atoms with Gasteiger partial charge in [0, 0.05) is 6.08 Å². The van der Waals surface area contributed by atoms with E-state index in [0.29, 0.717) is 11.3 Å². The number of benzene rings is 1. The summed E-state index contributed by atoms with van der Waals surface area (Å²) in [7, 11) is 1.55. The highest BCUT2D eigenvalue weighted by Gasteiger charge is 2.04. The van der Waals surface area contributed by atoms with Crippen LogP contribution in [0.3, 0.4) is 0 Å². The summed E-state index contributed by atoms with van der Waals surface area (Å²) in [5, 5.41) is 9.80. The van der Waals surface area contributed by atoms with E-state index >= 15 is 0 Å². The second-order valence-corrected chi connectivity index (χ2v) is 2.88. The van der Waals surface area contributed by atoms with Crippen molar-refractivity contribution >= 4 is 17.7 Å². The van der Waals surface area contributed by atoms with Gasteiger partial charge in [-0.05, 0) is 29.3 Å². The molecule has 74 valence electrons. The van der Waals surface area contributed by atoms with Gasteiger partial charge in [0.1, 0.15) is 5.75 Å². The van der Waals surface area contributed by atoms with Gasteiger partial charge in [-0.15, -0.1) is 0 Å². The Hall–Kier alpha value is -1.55. The minimum atomic E-state index is -0.647. The predicted molar refractivity (Wildman–Crippen MR) is 53.8 cm³/mol. The fourth-order valence-electron chi connectivity index (χ4n) is 0.890. The largest absolute Gasteiger partial charge is 0.497 e. The van der Waals surface area contributed by atoms with E-state index in [2.05, 4.69) is 0 Å². The molecule has 0 N–H and O–H groups in total. The van der Waals surface area contributed by atoms with Crippen LogP contribution in [0.25, 0.3) is 6.08 Å². The van der Waals surface area contributed by atoms with Gasteiger partial charge in [-0.2, -0.15) is 0 Å². The molecule has 0 atom stereocenters. The van der Waals surface area contributed by atoms with Crippen LogP contribution >= 0.6 is 11.6 Å². The maximum atomic E-state index is 10.2. The molecule has 0 fully saturated rings. The van der Waals surface area contributed by atoms with Crippen LogP contribution in [-0.4, -0.2) is 12.0 Å². The molecule has 0 aliphatic carbocycles. The average molecular weight is 214 g/mol. The third-order valence-corrected chi connectivity index (χ3v) is 1.82.